The van der Waals surface area contributed by atoms with Gasteiger partial charge in [-0.2, -0.15) is 0 Å². The summed E-state index contributed by atoms with van der Waals surface area (Å²) in [5, 5.41) is 9.83. The van der Waals surface area contributed by atoms with Crippen LogP contribution in [0, 0.1) is 6.92 Å². The van der Waals surface area contributed by atoms with E-state index in [0.29, 0.717) is 6.04 Å². The van der Waals surface area contributed by atoms with Crippen LogP contribution in [0.5, 0.6) is 0 Å². The maximum atomic E-state index is 6.63. The topological polar surface area (TPSA) is 46.8 Å². The zero-order chi connectivity index (χ0) is 19.1. The molecule has 27 heavy (non-hydrogen) atoms. The van der Waals surface area contributed by atoms with Crippen molar-refractivity contribution >= 4 is 34.1 Å². The molecule has 0 bridgehead atoms. The Morgan fingerprint density at radius 2 is 1.93 bits per heavy atom. The molecule has 0 amide bonds. The first-order valence-corrected chi connectivity index (χ1v) is 10.3. The van der Waals surface area contributed by atoms with Gasteiger partial charge in [0.05, 0.1) is 22.3 Å². The molecule has 6 heteroatoms. The highest BCUT2D eigenvalue weighted by Crippen LogP contribution is 2.42. The van der Waals surface area contributed by atoms with Crippen LogP contribution in [0.1, 0.15) is 56.5 Å². The Morgan fingerprint density at radius 1 is 1.15 bits per heavy atom. The Labute approximate surface area is 165 Å². The van der Waals surface area contributed by atoms with E-state index in [2.05, 4.69) is 59.7 Å². The van der Waals surface area contributed by atoms with Crippen LogP contribution >= 0.6 is 11.6 Å². The van der Waals surface area contributed by atoms with Crippen LogP contribution in [0.3, 0.4) is 0 Å². The summed E-state index contributed by atoms with van der Waals surface area (Å²) in [5.74, 6) is 0.881. The Bertz CT molecular complexity index is 990. The highest BCUT2D eigenvalue weighted by Gasteiger charge is 2.28. The molecule has 0 radical (unpaired) electrons. The molecule has 0 saturated carbocycles. The number of aryl methyl sites for hydroxylation is 2. The van der Waals surface area contributed by atoms with Crippen LogP contribution in [0.25, 0.3) is 11.0 Å². The number of halogens is 1. The van der Waals surface area contributed by atoms with Crippen LogP contribution in [0.15, 0.2) is 18.2 Å². The van der Waals surface area contributed by atoms with Crippen molar-refractivity contribution in [3.63, 3.8) is 0 Å². The smallest absolute Gasteiger partial charge is 0.163 e. The van der Waals surface area contributed by atoms with Gasteiger partial charge in [-0.15, -0.1) is 5.10 Å². The maximum Gasteiger partial charge on any atom is 0.163 e. The molecule has 5 nitrogen and oxygen atoms in total. The van der Waals surface area contributed by atoms with Crippen LogP contribution in [0.4, 0.5) is 11.5 Å². The molecule has 0 atom stereocenters. The van der Waals surface area contributed by atoms with Gasteiger partial charge in [0.2, 0.25) is 0 Å². The van der Waals surface area contributed by atoms with E-state index in [1.165, 1.54) is 11.1 Å². The third-order valence-electron chi connectivity index (χ3n) is 5.56. The normalized spacial score (nSPS) is 13.8. The molecule has 0 unspecified atom stereocenters. The minimum Gasteiger partial charge on any atom is -0.323 e. The summed E-state index contributed by atoms with van der Waals surface area (Å²) in [6, 6.07) is 6.75. The summed E-state index contributed by atoms with van der Waals surface area (Å²) in [6.45, 7) is 9.49. The van der Waals surface area contributed by atoms with E-state index in [1.54, 1.807) is 0 Å². The zero-order valence-corrected chi connectivity index (χ0v) is 17.2. The summed E-state index contributed by atoms with van der Waals surface area (Å²) in [5.41, 5.74) is 6.54. The first kappa shape index (κ1) is 18.2. The average Bonchev–Trinajstić information content (AvgIpc) is 3.26. The van der Waals surface area contributed by atoms with Crippen LogP contribution < -0.4 is 4.90 Å². The monoisotopic (exact) mass is 383 g/mol. The summed E-state index contributed by atoms with van der Waals surface area (Å²) in [6.07, 6.45) is 3.91. The first-order chi connectivity index (χ1) is 13.1. The van der Waals surface area contributed by atoms with E-state index < -0.39 is 0 Å². The molecule has 1 aliphatic heterocycles. The fraction of sp³-hybridized carbons (Fsp3) is 0.476. The molecular formula is C21H26ClN5. The van der Waals surface area contributed by atoms with Gasteiger partial charge in [0.1, 0.15) is 0 Å². The second-order valence-corrected chi connectivity index (χ2v) is 7.73. The quantitative estimate of drug-likeness (QED) is 0.591. The average molecular weight is 384 g/mol. The molecule has 2 aromatic heterocycles. The highest BCUT2D eigenvalue weighted by atomic mass is 35.5. The van der Waals surface area contributed by atoms with E-state index in [-0.39, 0.29) is 0 Å². The Morgan fingerprint density at radius 3 is 2.63 bits per heavy atom. The lowest BCUT2D eigenvalue weighted by Crippen LogP contribution is -2.17. The molecule has 0 aliphatic carbocycles. The second-order valence-electron chi connectivity index (χ2n) is 7.32. The lowest BCUT2D eigenvalue weighted by Gasteiger charge is -2.21. The molecule has 0 spiro atoms. The number of anilines is 2. The van der Waals surface area contributed by atoms with Gasteiger partial charge in [-0.1, -0.05) is 43.7 Å². The van der Waals surface area contributed by atoms with Gasteiger partial charge in [0.25, 0.3) is 0 Å². The van der Waals surface area contributed by atoms with E-state index in [0.717, 1.165) is 65.5 Å². The third-order valence-corrected chi connectivity index (χ3v) is 5.85. The van der Waals surface area contributed by atoms with Gasteiger partial charge >= 0.3 is 0 Å². The SMILES string of the molecule is CCc1cc2c(nnn2C(CC)CC)c(N2CCc3cc(C)cc(Cl)c32)n1. The van der Waals surface area contributed by atoms with Crippen LogP contribution in [-0.2, 0) is 12.8 Å². The highest BCUT2D eigenvalue weighted by molar-refractivity contribution is 6.33. The van der Waals surface area contributed by atoms with Crippen molar-refractivity contribution in [2.75, 3.05) is 11.4 Å². The lowest BCUT2D eigenvalue weighted by atomic mass is 10.1. The van der Waals surface area contributed by atoms with Crippen molar-refractivity contribution in [3.8, 4) is 0 Å². The van der Waals surface area contributed by atoms with Gasteiger partial charge in [0, 0.05) is 12.2 Å². The van der Waals surface area contributed by atoms with Gasteiger partial charge < -0.3 is 4.90 Å². The fourth-order valence-electron chi connectivity index (χ4n) is 4.10. The second kappa shape index (κ2) is 7.12. The largest absolute Gasteiger partial charge is 0.323 e. The van der Waals surface area contributed by atoms with Gasteiger partial charge in [-0.05, 0) is 55.9 Å². The van der Waals surface area contributed by atoms with E-state index >= 15 is 0 Å². The van der Waals surface area contributed by atoms with E-state index in [9.17, 15) is 0 Å². The summed E-state index contributed by atoms with van der Waals surface area (Å²) in [4.78, 5) is 7.17. The standard InChI is InChI=1S/C21H26ClN5/c1-5-15-12-18-19(24-25-27(18)16(6-2)7-3)21(23-15)26-9-8-14-10-13(4)11-17(22)20(14)26/h10-12,16H,5-9H2,1-4H3. The van der Waals surface area contributed by atoms with Gasteiger partial charge in [-0.3, -0.25) is 0 Å². The molecule has 3 aromatic rings. The Hall–Kier alpha value is -2.14. The first-order valence-electron chi connectivity index (χ1n) is 9.88. The molecule has 4 rings (SSSR count). The Balaban J connectivity index is 1.92. The van der Waals surface area contributed by atoms with Crippen molar-refractivity contribution in [3.05, 3.63) is 40.0 Å². The van der Waals surface area contributed by atoms with Crippen molar-refractivity contribution in [1.82, 2.24) is 20.0 Å². The number of aromatic nitrogens is 4. The van der Waals surface area contributed by atoms with Crippen LogP contribution in [0.2, 0.25) is 5.02 Å². The fourth-order valence-corrected chi connectivity index (χ4v) is 4.50. The number of fused-ring (bicyclic) bond motifs is 2. The molecule has 0 saturated heterocycles. The van der Waals surface area contributed by atoms with Crippen molar-refractivity contribution in [2.24, 2.45) is 0 Å². The third kappa shape index (κ3) is 2.98. The van der Waals surface area contributed by atoms with E-state index in [1.807, 2.05) is 6.07 Å². The number of hydrogen-bond donors (Lipinski definition) is 0. The van der Waals surface area contributed by atoms with Crippen molar-refractivity contribution < 1.29 is 0 Å². The molecule has 0 N–H and O–H groups in total. The zero-order valence-electron chi connectivity index (χ0n) is 16.5. The predicted molar refractivity (Wildman–Crippen MR) is 111 cm³/mol. The summed E-state index contributed by atoms with van der Waals surface area (Å²) < 4.78 is 2.08. The number of rotatable bonds is 5. The molecule has 142 valence electrons. The number of nitrogens with zero attached hydrogens (tertiary/aromatic N) is 5. The van der Waals surface area contributed by atoms with Crippen molar-refractivity contribution in [1.29, 1.82) is 0 Å². The minimum atomic E-state index is 0.354. The number of hydrogen-bond acceptors (Lipinski definition) is 4. The van der Waals surface area contributed by atoms with Crippen molar-refractivity contribution in [2.45, 2.75) is 59.4 Å². The molecule has 1 aromatic carbocycles. The molecule has 0 fully saturated rings. The summed E-state index contributed by atoms with van der Waals surface area (Å²) in [7, 11) is 0. The Kier molecular flexibility index (Phi) is 4.81. The number of pyridine rings is 1. The summed E-state index contributed by atoms with van der Waals surface area (Å²) >= 11 is 6.63. The predicted octanol–water partition coefficient (Wildman–Crippen LogP) is 5.41. The maximum absolute atomic E-state index is 6.63. The van der Waals surface area contributed by atoms with E-state index in [4.69, 9.17) is 16.6 Å². The lowest BCUT2D eigenvalue weighted by molar-refractivity contribution is 0.430. The molecule has 3 heterocycles. The molecule has 1 aliphatic rings. The molecular weight excluding hydrogens is 358 g/mol. The van der Waals surface area contributed by atoms with Gasteiger partial charge in [-0.25, -0.2) is 9.67 Å². The number of benzene rings is 1. The minimum absolute atomic E-state index is 0.354. The van der Waals surface area contributed by atoms with Gasteiger partial charge in [0.15, 0.2) is 11.3 Å². The van der Waals surface area contributed by atoms with Crippen LogP contribution in [-0.4, -0.2) is 26.5 Å².